The minimum atomic E-state index is -0.158. The van der Waals surface area contributed by atoms with Crippen LogP contribution in [0.25, 0.3) is 0 Å². The van der Waals surface area contributed by atoms with Crippen LogP contribution in [-0.2, 0) is 0 Å². The topological polar surface area (TPSA) is 110 Å². The fourth-order valence-electron chi connectivity index (χ4n) is 2.48. The highest BCUT2D eigenvalue weighted by Crippen LogP contribution is 2.20. The Morgan fingerprint density at radius 1 is 0.786 bits per heavy atom. The van der Waals surface area contributed by atoms with Crippen LogP contribution in [0.15, 0.2) is 36.4 Å². The van der Waals surface area contributed by atoms with Crippen LogP contribution in [0, 0.1) is 13.8 Å². The van der Waals surface area contributed by atoms with Crippen molar-refractivity contribution in [2.75, 3.05) is 36.1 Å². The first-order chi connectivity index (χ1) is 13.4. The lowest BCUT2D eigenvalue weighted by molar-refractivity contribution is 0.0948. The zero-order chi connectivity index (χ0) is 20.5. The summed E-state index contributed by atoms with van der Waals surface area (Å²) < 4.78 is 0. The van der Waals surface area contributed by atoms with E-state index in [0.29, 0.717) is 35.6 Å². The average Bonchev–Trinajstić information content (AvgIpc) is 2.67. The molecule has 0 heterocycles. The predicted octanol–water partition coefficient (Wildman–Crippen LogP) is 3.01. The first-order valence-corrected chi connectivity index (χ1v) is 11.4. The highest BCUT2D eigenvalue weighted by molar-refractivity contribution is 8.76. The SMILES string of the molecule is Cc1cccc(C(=O)NCCSSCCNC(=O)c2cccc(C)c2N)c1N. The summed E-state index contributed by atoms with van der Waals surface area (Å²) in [6.07, 6.45) is 0. The van der Waals surface area contributed by atoms with E-state index in [4.69, 9.17) is 11.5 Å². The van der Waals surface area contributed by atoms with Crippen LogP contribution in [0.1, 0.15) is 31.8 Å². The van der Waals surface area contributed by atoms with Gasteiger partial charge < -0.3 is 22.1 Å². The summed E-state index contributed by atoms with van der Waals surface area (Å²) in [6, 6.07) is 10.9. The summed E-state index contributed by atoms with van der Waals surface area (Å²) in [4.78, 5) is 24.3. The molecule has 0 aliphatic heterocycles. The lowest BCUT2D eigenvalue weighted by Gasteiger charge is -2.10. The van der Waals surface area contributed by atoms with Crippen molar-refractivity contribution in [3.8, 4) is 0 Å². The molecular formula is C20H26N4O2S2. The monoisotopic (exact) mass is 418 g/mol. The molecule has 0 saturated carbocycles. The first-order valence-electron chi connectivity index (χ1n) is 8.92. The number of carbonyl (C=O) groups excluding carboxylic acids is 2. The van der Waals surface area contributed by atoms with Crippen molar-refractivity contribution in [1.82, 2.24) is 10.6 Å². The Labute approximate surface area is 173 Å². The van der Waals surface area contributed by atoms with E-state index < -0.39 is 0 Å². The second-order valence-corrected chi connectivity index (χ2v) is 8.93. The van der Waals surface area contributed by atoms with Crippen LogP contribution >= 0.6 is 21.6 Å². The van der Waals surface area contributed by atoms with Crippen LogP contribution in [0.5, 0.6) is 0 Å². The number of amides is 2. The van der Waals surface area contributed by atoms with Gasteiger partial charge in [0.15, 0.2) is 0 Å². The summed E-state index contributed by atoms with van der Waals surface area (Å²) in [5, 5.41) is 5.74. The number of aryl methyl sites for hydroxylation is 2. The molecule has 0 atom stereocenters. The third-order valence-electron chi connectivity index (χ3n) is 4.16. The molecular weight excluding hydrogens is 392 g/mol. The Balaban J connectivity index is 1.60. The molecule has 0 radical (unpaired) electrons. The lowest BCUT2D eigenvalue weighted by atomic mass is 10.1. The summed E-state index contributed by atoms with van der Waals surface area (Å²) in [5.74, 6) is 1.21. The number of para-hydroxylation sites is 2. The number of rotatable bonds is 9. The lowest BCUT2D eigenvalue weighted by Crippen LogP contribution is -2.27. The molecule has 2 amide bonds. The molecule has 0 aliphatic carbocycles. The number of carbonyl (C=O) groups is 2. The van der Waals surface area contributed by atoms with Gasteiger partial charge in [-0.3, -0.25) is 9.59 Å². The van der Waals surface area contributed by atoms with E-state index in [0.717, 1.165) is 22.6 Å². The Hall–Kier alpha value is -2.32. The highest BCUT2D eigenvalue weighted by atomic mass is 33.1. The fourth-order valence-corrected chi connectivity index (χ4v) is 4.29. The number of hydrogen-bond acceptors (Lipinski definition) is 6. The number of nitrogen functional groups attached to an aromatic ring is 2. The van der Waals surface area contributed by atoms with Gasteiger partial charge in [-0.05, 0) is 37.1 Å². The molecule has 0 saturated heterocycles. The first kappa shape index (κ1) is 22.0. The molecule has 0 fully saturated rings. The molecule has 0 bridgehead atoms. The molecule has 6 N–H and O–H groups in total. The summed E-state index contributed by atoms with van der Waals surface area (Å²) in [7, 11) is 3.29. The van der Waals surface area contributed by atoms with E-state index >= 15 is 0 Å². The summed E-state index contributed by atoms with van der Waals surface area (Å²) >= 11 is 0. The van der Waals surface area contributed by atoms with E-state index in [2.05, 4.69) is 10.6 Å². The van der Waals surface area contributed by atoms with Gasteiger partial charge in [0.25, 0.3) is 11.8 Å². The van der Waals surface area contributed by atoms with E-state index in [1.54, 1.807) is 33.7 Å². The van der Waals surface area contributed by atoms with Gasteiger partial charge in [0.2, 0.25) is 0 Å². The van der Waals surface area contributed by atoms with Gasteiger partial charge in [-0.1, -0.05) is 45.9 Å². The minimum absolute atomic E-state index is 0.158. The molecule has 2 rings (SSSR count). The van der Waals surface area contributed by atoms with Gasteiger partial charge in [0.1, 0.15) is 0 Å². The van der Waals surface area contributed by atoms with Gasteiger partial charge >= 0.3 is 0 Å². The van der Waals surface area contributed by atoms with E-state index in [-0.39, 0.29) is 11.8 Å². The van der Waals surface area contributed by atoms with Crippen LogP contribution in [0.4, 0.5) is 11.4 Å². The normalized spacial score (nSPS) is 10.5. The van der Waals surface area contributed by atoms with Crippen molar-refractivity contribution in [2.45, 2.75) is 13.8 Å². The second kappa shape index (κ2) is 10.9. The minimum Gasteiger partial charge on any atom is -0.398 e. The standard InChI is InChI=1S/C20H26N4O2S2/c1-13-5-3-7-15(17(13)21)19(25)23-9-11-27-28-12-10-24-20(26)16-8-4-6-14(2)18(16)22/h3-8H,9-12,21-22H2,1-2H3,(H,23,25)(H,24,26). The molecule has 0 aromatic heterocycles. The Morgan fingerprint density at radius 3 is 1.57 bits per heavy atom. The molecule has 0 spiro atoms. The average molecular weight is 419 g/mol. The quantitative estimate of drug-likeness (QED) is 0.283. The van der Waals surface area contributed by atoms with Crippen molar-refractivity contribution in [1.29, 1.82) is 0 Å². The molecule has 2 aromatic rings. The van der Waals surface area contributed by atoms with Gasteiger partial charge in [-0.25, -0.2) is 0 Å². The van der Waals surface area contributed by atoms with E-state index in [1.165, 1.54) is 0 Å². The third kappa shape index (κ3) is 6.10. The number of nitrogens with one attached hydrogen (secondary N) is 2. The van der Waals surface area contributed by atoms with E-state index in [1.807, 2.05) is 38.1 Å². The number of benzene rings is 2. The molecule has 2 aromatic carbocycles. The van der Waals surface area contributed by atoms with Gasteiger partial charge in [-0.15, -0.1) is 0 Å². The summed E-state index contributed by atoms with van der Waals surface area (Å²) in [6.45, 7) is 4.86. The molecule has 8 heteroatoms. The smallest absolute Gasteiger partial charge is 0.253 e. The second-order valence-electron chi connectivity index (χ2n) is 6.23. The number of nitrogens with two attached hydrogens (primary N) is 2. The zero-order valence-corrected chi connectivity index (χ0v) is 17.7. The summed E-state index contributed by atoms with van der Waals surface area (Å²) in [5.41, 5.74) is 15.7. The third-order valence-corrected chi connectivity index (χ3v) is 6.57. The van der Waals surface area contributed by atoms with Crippen LogP contribution in [0.3, 0.4) is 0 Å². The largest absolute Gasteiger partial charge is 0.398 e. The van der Waals surface area contributed by atoms with Crippen LogP contribution < -0.4 is 22.1 Å². The van der Waals surface area contributed by atoms with Crippen LogP contribution in [0.2, 0.25) is 0 Å². The maximum absolute atomic E-state index is 12.1. The van der Waals surface area contributed by atoms with Crippen LogP contribution in [-0.4, -0.2) is 36.4 Å². The highest BCUT2D eigenvalue weighted by Gasteiger charge is 2.11. The van der Waals surface area contributed by atoms with Crippen molar-refractivity contribution >= 4 is 44.8 Å². The Kier molecular flexibility index (Phi) is 8.53. The van der Waals surface area contributed by atoms with Crippen molar-refractivity contribution < 1.29 is 9.59 Å². The van der Waals surface area contributed by atoms with Gasteiger partial charge in [0, 0.05) is 36.0 Å². The zero-order valence-electron chi connectivity index (χ0n) is 16.1. The molecule has 6 nitrogen and oxygen atoms in total. The molecule has 28 heavy (non-hydrogen) atoms. The fraction of sp³-hybridized carbons (Fsp3) is 0.300. The Bertz CT molecular complexity index is 773. The predicted molar refractivity (Wildman–Crippen MR) is 121 cm³/mol. The molecule has 150 valence electrons. The Morgan fingerprint density at radius 2 is 1.18 bits per heavy atom. The molecule has 0 aliphatic rings. The van der Waals surface area contributed by atoms with Gasteiger partial charge in [0.05, 0.1) is 11.1 Å². The number of hydrogen-bond donors (Lipinski definition) is 4. The van der Waals surface area contributed by atoms with Gasteiger partial charge in [-0.2, -0.15) is 0 Å². The van der Waals surface area contributed by atoms with Crippen molar-refractivity contribution in [3.63, 3.8) is 0 Å². The van der Waals surface area contributed by atoms with Crippen molar-refractivity contribution in [3.05, 3.63) is 58.7 Å². The van der Waals surface area contributed by atoms with E-state index in [9.17, 15) is 9.59 Å². The van der Waals surface area contributed by atoms with Crippen molar-refractivity contribution in [2.24, 2.45) is 0 Å². The maximum Gasteiger partial charge on any atom is 0.253 e. The molecule has 0 unspecified atom stereocenters. The number of anilines is 2. The maximum atomic E-state index is 12.1.